The summed E-state index contributed by atoms with van der Waals surface area (Å²) in [7, 11) is 4.15. The number of benzene rings is 1. The Hall–Kier alpha value is -1.88. The highest BCUT2D eigenvalue weighted by Gasteiger charge is 2.16. The Kier molecular flexibility index (Phi) is 4.39. The molecule has 1 atom stereocenters. The van der Waals surface area contributed by atoms with E-state index in [-0.39, 0.29) is 0 Å². The summed E-state index contributed by atoms with van der Waals surface area (Å²) >= 11 is 0. The topological polar surface area (TPSA) is 67.1 Å². The van der Waals surface area contributed by atoms with Gasteiger partial charge in [0, 0.05) is 18.0 Å². The monoisotopic (exact) mass is 273 g/mol. The number of likely N-dealkylation sites (N-methyl/N-ethyl adjacent to an activating group) is 1. The molecular weight excluding hydrogens is 250 g/mol. The van der Waals surface area contributed by atoms with Crippen LogP contribution in [-0.4, -0.2) is 41.5 Å². The zero-order valence-corrected chi connectivity index (χ0v) is 12.6. The van der Waals surface area contributed by atoms with Crippen LogP contribution in [0.3, 0.4) is 0 Å². The second-order valence-corrected chi connectivity index (χ2v) is 5.70. The smallest absolute Gasteiger partial charge is 0.222 e. The van der Waals surface area contributed by atoms with Gasteiger partial charge in [-0.3, -0.25) is 0 Å². The molecule has 2 rings (SSSR count). The van der Waals surface area contributed by atoms with Gasteiger partial charge in [0.25, 0.3) is 0 Å². The first-order valence-corrected chi connectivity index (χ1v) is 6.91. The van der Waals surface area contributed by atoms with Crippen molar-refractivity contribution >= 4 is 22.7 Å². The summed E-state index contributed by atoms with van der Waals surface area (Å²) in [6, 6.07) is 8.23. The van der Waals surface area contributed by atoms with Crippen LogP contribution in [-0.2, 0) is 0 Å². The molecule has 0 saturated heterocycles. The van der Waals surface area contributed by atoms with Crippen molar-refractivity contribution in [3.63, 3.8) is 0 Å². The molecule has 0 aliphatic carbocycles. The van der Waals surface area contributed by atoms with Crippen LogP contribution in [0.5, 0.6) is 0 Å². The van der Waals surface area contributed by atoms with Gasteiger partial charge in [0.15, 0.2) is 0 Å². The second kappa shape index (κ2) is 6.05. The Balaban J connectivity index is 2.36. The lowest BCUT2D eigenvalue weighted by atomic mass is 10.0. The molecule has 20 heavy (non-hydrogen) atoms. The van der Waals surface area contributed by atoms with E-state index in [1.165, 1.54) is 0 Å². The van der Waals surface area contributed by atoms with Gasteiger partial charge >= 0.3 is 0 Å². The van der Waals surface area contributed by atoms with Crippen LogP contribution in [0.4, 0.5) is 11.8 Å². The molecule has 0 aliphatic heterocycles. The molecule has 2 aromatic rings. The number of hydrogen-bond donors (Lipinski definition) is 2. The van der Waals surface area contributed by atoms with Crippen molar-refractivity contribution in [1.82, 2.24) is 14.9 Å². The van der Waals surface area contributed by atoms with Crippen molar-refractivity contribution in [2.45, 2.75) is 19.9 Å². The van der Waals surface area contributed by atoms with Crippen LogP contribution in [0, 0.1) is 5.92 Å². The molecule has 0 bridgehead atoms. The van der Waals surface area contributed by atoms with Crippen LogP contribution >= 0.6 is 0 Å². The maximum Gasteiger partial charge on any atom is 0.222 e. The van der Waals surface area contributed by atoms with Crippen molar-refractivity contribution in [2.24, 2.45) is 5.92 Å². The summed E-state index contributed by atoms with van der Waals surface area (Å²) in [6.45, 7) is 5.34. The minimum absolute atomic E-state index is 0.304. The van der Waals surface area contributed by atoms with E-state index in [1.54, 1.807) is 0 Å². The fourth-order valence-electron chi connectivity index (χ4n) is 2.20. The number of nitrogen functional groups attached to an aromatic ring is 1. The quantitative estimate of drug-likeness (QED) is 0.874. The number of nitrogens with one attached hydrogen (secondary N) is 1. The van der Waals surface area contributed by atoms with Gasteiger partial charge in [-0.05, 0) is 32.1 Å². The maximum absolute atomic E-state index is 5.81. The van der Waals surface area contributed by atoms with E-state index in [2.05, 4.69) is 48.1 Å². The lowest BCUT2D eigenvalue weighted by molar-refractivity contribution is 0.344. The molecule has 5 heteroatoms. The molecule has 0 radical (unpaired) electrons. The highest BCUT2D eigenvalue weighted by atomic mass is 15.1. The van der Waals surface area contributed by atoms with Crippen molar-refractivity contribution < 1.29 is 0 Å². The van der Waals surface area contributed by atoms with E-state index in [0.29, 0.717) is 17.9 Å². The van der Waals surface area contributed by atoms with Gasteiger partial charge in [0.05, 0.1) is 5.52 Å². The molecule has 1 heterocycles. The fourth-order valence-corrected chi connectivity index (χ4v) is 2.20. The fraction of sp³-hybridized carbons (Fsp3) is 0.467. The van der Waals surface area contributed by atoms with E-state index in [0.717, 1.165) is 23.3 Å². The van der Waals surface area contributed by atoms with Crippen LogP contribution in [0.25, 0.3) is 10.9 Å². The van der Waals surface area contributed by atoms with Crippen LogP contribution in [0.1, 0.15) is 13.8 Å². The third kappa shape index (κ3) is 3.36. The second-order valence-electron chi connectivity index (χ2n) is 5.70. The largest absolute Gasteiger partial charge is 0.368 e. The first-order valence-electron chi connectivity index (χ1n) is 6.91. The highest BCUT2D eigenvalue weighted by molar-refractivity contribution is 5.89. The minimum Gasteiger partial charge on any atom is -0.368 e. The van der Waals surface area contributed by atoms with Gasteiger partial charge in [-0.15, -0.1) is 0 Å². The van der Waals surface area contributed by atoms with Gasteiger partial charge in [0.1, 0.15) is 5.82 Å². The molecule has 0 aliphatic rings. The summed E-state index contributed by atoms with van der Waals surface area (Å²) in [5.41, 5.74) is 6.68. The predicted octanol–water partition coefficient (Wildman–Crippen LogP) is 2.21. The molecule has 5 nitrogen and oxygen atoms in total. The first kappa shape index (κ1) is 14.5. The van der Waals surface area contributed by atoms with Crippen molar-refractivity contribution in [3.8, 4) is 0 Å². The average molecular weight is 273 g/mol. The van der Waals surface area contributed by atoms with Crippen LogP contribution < -0.4 is 11.1 Å². The van der Waals surface area contributed by atoms with Crippen molar-refractivity contribution in [2.75, 3.05) is 31.7 Å². The normalized spacial score (nSPS) is 13.1. The zero-order valence-electron chi connectivity index (χ0n) is 12.6. The number of rotatable bonds is 5. The van der Waals surface area contributed by atoms with Gasteiger partial charge in [-0.1, -0.05) is 26.0 Å². The predicted molar refractivity (Wildman–Crippen MR) is 84.8 cm³/mol. The molecular formula is C15H23N5. The molecule has 1 aromatic carbocycles. The Labute approximate surface area is 120 Å². The molecule has 0 spiro atoms. The van der Waals surface area contributed by atoms with Crippen molar-refractivity contribution in [1.29, 1.82) is 0 Å². The third-order valence-corrected chi connectivity index (χ3v) is 3.31. The summed E-state index contributed by atoms with van der Waals surface area (Å²) in [6.07, 6.45) is 0. The molecule has 3 N–H and O–H groups in total. The first-order chi connectivity index (χ1) is 9.47. The van der Waals surface area contributed by atoms with E-state index in [1.807, 2.05) is 24.3 Å². The van der Waals surface area contributed by atoms with Gasteiger partial charge < -0.3 is 16.0 Å². The van der Waals surface area contributed by atoms with E-state index in [4.69, 9.17) is 5.73 Å². The van der Waals surface area contributed by atoms with Crippen LogP contribution in [0.15, 0.2) is 24.3 Å². The molecule has 0 fully saturated rings. The van der Waals surface area contributed by atoms with E-state index >= 15 is 0 Å². The number of anilines is 2. The average Bonchev–Trinajstić information content (AvgIpc) is 2.37. The lowest BCUT2D eigenvalue weighted by Gasteiger charge is -2.26. The molecule has 1 unspecified atom stereocenters. The summed E-state index contributed by atoms with van der Waals surface area (Å²) in [5, 5.41) is 4.53. The zero-order chi connectivity index (χ0) is 14.7. The Bertz CT molecular complexity index is 579. The molecule has 0 saturated carbocycles. The summed E-state index contributed by atoms with van der Waals surface area (Å²) in [4.78, 5) is 10.8. The number of hydrogen-bond acceptors (Lipinski definition) is 5. The molecule has 0 amide bonds. The Morgan fingerprint density at radius 2 is 1.90 bits per heavy atom. The van der Waals surface area contributed by atoms with E-state index in [9.17, 15) is 0 Å². The van der Waals surface area contributed by atoms with Gasteiger partial charge in [-0.25, -0.2) is 4.98 Å². The summed E-state index contributed by atoms with van der Waals surface area (Å²) in [5.74, 6) is 1.61. The number of para-hydroxylation sites is 1. The Morgan fingerprint density at radius 3 is 2.55 bits per heavy atom. The minimum atomic E-state index is 0.304. The molecule has 1 aromatic heterocycles. The summed E-state index contributed by atoms with van der Waals surface area (Å²) < 4.78 is 0. The maximum atomic E-state index is 5.81. The third-order valence-electron chi connectivity index (χ3n) is 3.31. The lowest BCUT2D eigenvalue weighted by Crippen LogP contribution is -2.36. The van der Waals surface area contributed by atoms with Crippen molar-refractivity contribution in [3.05, 3.63) is 24.3 Å². The standard InChI is InChI=1S/C15H23N5/c1-10(2)13(9-20(3)4)17-14-11-7-5-6-8-12(11)18-15(16)19-14/h5-8,10,13H,9H2,1-4H3,(H3,16,17,18,19). The number of nitrogens with two attached hydrogens (primary N) is 1. The van der Waals surface area contributed by atoms with Gasteiger partial charge in [0.2, 0.25) is 5.95 Å². The SMILES string of the molecule is CC(C)C(CN(C)C)Nc1nc(N)nc2ccccc12. The Morgan fingerprint density at radius 1 is 1.20 bits per heavy atom. The van der Waals surface area contributed by atoms with E-state index < -0.39 is 0 Å². The van der Waals surface area contributed by atoms with Crippen LogP contribution in [0.2, 0.25) is 0 Å². The molecule has 108 valence electrons. The number of aromatic nitrogens is 2. The number of fused-ring (bicyclic) bond motifs is 1. The highest BCUT2D eigenvalue weighted by Crippen LogP contribution is 2.22. The van der Waals surface area contributed by atoms with Gasteiger partial charge in [-0.2, -0.15) is 4.98 Å². The number of nitrogens with zero attached hydrogens (tertiary/aromatic N) is 3.